The average Bonchev–Trinajstić information content (AvgIpc) is 3.11. The summed E-state index contributed by atoms with van der Waals surface area (Å²) in [5, 5.41) is 18.5. The zero-order valence-corrected chi connectivity index (χ0v) is 18.8. The van der Waals surface area contributed by atoms with E-state index in [4.69, 9.17) is 5.10 Å². The SMILES string of the molecule is CCSC12N(c3ccc([N+](=O)[O-])cc3)N=C(c3ccccc3)N1[C@]1(C)CC=CC[C@]21C. The Kier molecular flexibility index (Phi) is 4.45. The van der Waals surface area contributed by atoms with Crippen molar-refractivity contribution >= 4 is 29.0 Å². The maximum atomic E-state index is 11.2. The molecule has 7 heteroatoms. The first-order chi connectivity index (χ1) is 14.9. The maximum Gasteiger partial charge on any atom is 0.269 e. The summed E-state index contributed by atoms with van der Waals surface area (Å²) in [6.45, 7) is 6.91. The fraction of sp³-hybridized carbons (Fsp3) is 0.375. The first-order valence-corrected chi connectivity index (χ1v) is 11.7. The predicted molar refractivity (Wildman–Crippen MR) is 126 cm³/mol. The second kappa shape index (κ2) is 6.85. The Morgan fingerprint density at radius 2 is 1.74 bits per heavy atom. The summed E-state index contributed by atoms with van der Waals surface area (Å²) in [6, 6.07) is 17.1. The molecule has 0 radical (unpaired) electrons. The Labute approximate surface area is 186 Å². The van der Waals surface area contributed by atoms with Gasteiger partial charge in [-0.15, -0.1) is 11.8 Å². The van der Waals surface area contributed by atoms with Gasteiger partial charge < -0.3 is 4.90 Å². The summed E-state index contributed by atoms with van der Waals surface area (Å²) in [4.78, 5) is 13.0. The zero-order valence-electron chi connectivity index (χ0n) is 18.0. The van der Waals surface area contributed by atoms with Crippen LogP contribution in [0.3, 0.4) is 0 Å². The molecule has 0 saturated carbocycles. The van der Waals surface area contributed by atoms with Gasteiger partial charge in [-0.2, -0.15) is 5.10 Å². The number of thioether (sulfide) groups is 1. The minimum absolute atomic E-state index is 0.0444. The number of nitrogens with zero attached hydrogens (tertiary/aromatic N) is 4. The van der Waals surface area contributed by atoms with Crippen molar-refractivity contribution in [3.63, 3.8) is 0 Å². The van der Waals surface area contributed by atoms with E-state index in [0.29, 0.717) is 0 Å². The Morgan fingerprint density at radius 3 is 2.39 bits per heavy atom. The molecule has 3 atom stereocenters. The molecule has 0 bridgehead atoms. The minimum atomic E-state index is -0.386. The van der Waals surface area contributed by atoms with Gasteiger partial charge in [0.25, 0.3) is 5.69 Å². The van der Waals surface area contributed by atoms with Crippen molar-refractivity contribution in [1.82, 2.24) is 4.90 Å². The number of fused-ring (bicyclic) bond motifs is 4. The summed E-state index contributed by atoms with van der Waals surface area (Å²) in [6.07, 6.45) is 6.52. The third kappa shape index (κ3) is 2.44. The van der Waals surface area contributed by atoms with Crippen LogP contribution in [0.1, 0.15) is 39.2 Å². The molecule has 1 fully saturated rings. The van der Waals surface area contributed by atoms with Crippen molar-refractivity contribution < 1.29 is 4.92 Å². The Balaban J connectivity index is 1.71. The monoisotopic (exact) mass is 434 g/mol. The molecule has 3 aliphatic rings. The molecule has 1 unspecified atom stereocenters. The van der Waals surface area contributed by atoms with E-state index in [0.717, 1.165) is 35.7 Å². The number of benzene rings is 2. The molecule has 160 valence electrons. The minimum Gasteiger partial charge on any atom is -0.314 e. The molecule has 31 heavy (non-hydrogen) atoms. The number of anilines is 1. The highest BCUT2D eigenvalue weighted by Gasteiger charge is 2.80. The van der Waals surface area contributed by atoms with E-state index in [9.17, 15) is 10.1 Å². The summed E-state index contributed by atoms with van der Waals surface area (Å²) < 4.78 is 0. The van der Waals surface area contributed by atoms with E-state index in [2.05, 4.69) is 55.0 Å². The summed E-state index contributed by atoms with van der Waals surface area (Å²) in [5.74, 6) is 1.91. The van der Waals surface area contributed by atoms with Crippen molar-refractivity contribution in [2.45, 2.75) is 44.1 Å². The lowest BCUT2D eigenvalue weighted by molar-refractivity contribution is -0.384. The molecule has 0 aromatic heterocycles. The molecule has 2 aromatic rings. The average molecular weight is 435 g/mol. The summed E-state index contributed by atoms with van der Waals surface area (Å²) in [5.41, 5.74) is 1.95. The number of hydrogen-bond donors (Lipinski definition) is 0. The third-order valence-electron chi connectivity index (χ3n) is 7.29. The first-order valence-electron chi connectivity index (χ1n) is 10.7. The van der Waals surface area contributed by atoms with E-state index >= 15 is 0 Å². The number of rotatable bonds is 5. The Hall–Kier alpha value is -2.80. The lowest BCUT2D eigenvalue weighted by Crippen LogP contribution is -2.86. The topological polar surface area (TPSA) is 62.0 Å². The van der Waals surface area contributed by atoms with Crippen LogP contribution in [-0.2, 0) is 0 Å². The summed E-state index contributed by atoms with van der Waals surface area (Å²) >= 11 is 1.90. The van der Waals surface area contributed by atoms with Gasteiger partial charge in [-0.3, -0.25) is 10.1 Å². The number of amidine groups is 1. The van der Waals surface area contributed by atoms with Crippen LogP contribution >= 0.6 is 11.8 Å². The zero-order chi connectivity index (χ0) is 21.9. The van der Waals surface area contributed by atoms with Gasteiger partial charge >= 0.3 is 0 Å². The number of allylic oxidation sites excluding steroid dienone is 1. The highest BCUT2D eigenvalue weighted by molar-refractivity contribution is 8.00. The fourth-order valence-electron chi connectivity index (χ4n) is 5.55. The molecule has 5 rings (SSSR count). The molecule has 0 amide bonds. The highest BCUT2D eigenvalue weighted by atomic mass is 32.2. The van der Waals surface area contributed by atoms with Gasteiger partial charge in [0.15, 0.2) is 10.8 Å². The van der Waals surface area contributed by atoms with Gasteiger partial charge in [-0.1, -0.05) is 56.3 Å². The number of hydrazone groups is 1. The van der Waals surface area contributed by atoms with Crippen LogP contribution < -0.4 is 5.01 Å². The van der Waals surface area contributed by atoms with Crippen LogP contribution in [-0.4, -0.2) is 31.9 Å². The molecular weight excluding hydrogens is 408 g/mol. The Morgan fingerprint density at radius 1 is 1.06 bits per heavy atom. The van der Waals surface area contributed by atoms with Gasteiger partial charge in [-0.25, -0.2) is 5.01 Å². The predicted octanol–water partition coefficient (Wildman–Crippen LogP) is 5.61. The van der Waals surface area contributed by atoms with E-state index < -0.39 is 0 Å². The van der Waals surface area contributed by atoms with E-state index in [1.165, 1.54) is 0 Å². The number of nitro groups is 1. The lowest BCUT2D eigenvalue weighted by atomic mass is 9.54. The molecule has 2 aromatic carbocycles. The van der Waals surface area contributed by atoms with Gasteiger partial charge in [0, 0.05) is 23.1 Å². The standard InChI is InChI=1S/C24H26N4O2S/c1-4-31-24-22(2)16-8-9-17-23(22,3)26(24)21(18-10-6-5-7-11-18)25-27(24)19-12-14-20(15-13-19)28(29)30/h5-15H,4,16-17H2,1-3H3/t22-,23+,24?/m0/s1. The third-order valence-corrected chi connectivity index (χ3v) is 8.79. The van der Waals surface area contributed by atoms with Crippen molar-refractivity contribution in [3.05, 3.63) is 82.4 Å². The van der Waals surface area contributed by atoms with Crippen molar-refractivity contribution in [2.75, 3.05) is 10.8 Å². The van der Waals surface area contributed by atoms with Gasteiger partial charge in [0.2, 0.25) is 0 Å². The number of nitro benzene ring substituents is 1. The molecular formula is C24H26N4O2S. The first kappa shape index (κ1) is 20.1. The van der Waals surface area contributed by atoms with E-state index in [-0.39, 0.29) is 26.6 Å². The molecule has 6 nitrogen and oxygen atoms in total. The van der Waals surface area contributed by atoms with Crippen molar-refractivity contribution in [2.24, 2.45) is 10.5 Å². The lowest BCUT2D eigenvalue weighted by Gasteiger charge is -2.75. The second-order valence-electron chi connectivity index (χ2n) is 8.74. The van der Waals surface area contributed by atoms with Crippen LogP contribution in [0.5, 0.6) is 0 Å². The fourth-order valence-corrected chi connectivity index (χ4v) is 7.26. The van der Waals surface area contributed by atoms with Crippen molar-refractivity contribution in [1.29, 1.82) is 0 Å². The summed E-state index contributed by atoms with van der Waals surface area (Å²) in [7, 11) is 0. The van der Waals surface area contributed by atoms with E-state index in [1.807, 2.05) is 42.1 Å². The molecule has 2 heterocycles. The largest absolute Gasteiger partial charge is 0.314 e. The molecule has 0 N–H and O–H groups in total. The molecule has 2 aliphatic heterocycles. The van der Waals surface area contributed by atoms with Gasteiger partial charge in [0.1, 0.15) is 0 Å². The van der Waals surface area contributed by atoms with Gasteiger partial charge in [0.05, 0.1) is 16.1 Å². The van der Waals surface area contributed by atoms with Crippen LogP contribution in [0.25, 0.3) is 0 Å². The quantitative estimate of drug-likeness (QED) is 0.347. The Bertz CT molecular complexity index is 1090. The van der Waals surface area contributed by atoms with Crippen LogP contribution in [0.2, 0.25) is 0 Å². The number of non-ortho nitro benzene ring substituents is 1. The molecule has 1 aliphatic carbocycles. The highest BCUT2D eigenvalue weighted by Crippen LogP contribution is 2.72. The maximum absolute atomic E-state index is 11.2. The van der Waals surface area contributed by atoms with Crippen LogP contribution in [0.15, 0.2) is 71.9 Å². The van der Waals surface area contributed by atoms with E-state index in [1.54, 1.807) is 12.1 Å². The smallest absolute Gasteiger partial charge is 0.269 e. The van der Waals surface area contributed by atoms with Crippen molar-refractivity contribution in [3.8, 4) is 0 Å². The van der Waals surface area contributed by atoms with Crippen LogP contribution in [0.4, 0.5) is 11.4 Å². The molecule has 0 spiro atoms. The normalized spacial score (nSPS) is 31.0. The van der Waals surface area contributed by atoms with Crippen LogP contribution in [0, 0.1) is 15.5 Å². The molecule has 1 saturated heterocycles. The number of hydrogen-bond acceptors (Lipinski definition) is 6. The second-order valence-corrected chi connectivity index (χ2v) is 10.2. The van der Waals surface area contributed by atoms with Gasteiger partial charge in [-0.05, 0) is 37.7 Å².